The van der Waals surface area contributed by atoms with Crippen molar-refractivity contribution in [2.24, 2.45) is 24.8 Å². The zero-order valence-corrected chi connectivity index (χ0v) is 20.9. The van der Waals surface area contributed by atoms with Crippen LogP contribution < -0.4 is 16.0 Å². The van der Waals surface area contributed by atoms with Gasteiger partial charge in [0, 0.05) is 25.6 Å². The number of amides is 3. The van der Waals surface area contributed by atoms with Crippen LogP contribution >= 0.6 is 0 Å². The van der Waals surface area contributed by atoms with Crippen molar-refractivity contribution in [1.82, 2.24) is 25.5 Å². The van der Waals surface area contributed by atoms with Gasteiger partial charge in [0.15, 0.2) is 0 Å². The van der Waals surface area contributed by atoms with Gasteiger partial charge < -0.3 is 20.5 Å². The Balaban J connectivity index is 1.08. The van der Waals surface area contributed by atoms with Gasteiger partial charge in [-0.05, 0) is 74.0 Å². The number of benzene rings is 2. The lowest BCUT2D eigenvalue weighted by Crippen LogP contribution is -2.61. The Morgan fingerprint density at radius 3 is 2.28 bits per heavy atom. The Morgan fingerprint density at radius 1 is 0.972 bits per heavy atom. The summed E-state index contributed by atoms with van der Waals surface area (Å²) >= 11 is 0. The number of aromatic nitrogens is 2. The number of rotatable bonds is 7. The van der Waals surface area contributed by atoms with E-state index in [0.29, 0.717) is 6.54 Å². The van der Waals surface area contributed by atoms with E-state index in [1.165, 1.54) is 19.3 Å². The highest BCUT2D eigenvalue weighted by Gasteiger charge is 2.51. The SMILES string of the molecule is Cn1c(C(NC(=O)CCNC(=O)NC23CC4CC(CC(C4)C2)C3)c2ccccc2)nc2ccccc21. The number of fused-ring (bicyclic) bond motifs is 1. The minimum Gasteiger partial charge on any atom is -0.342 e. The van der Waals surface area contributed by atoms with E-state index in [9.17, 15) is 9.59 Å². The number of nitrogens with one attached hydrogen (secondary N) is 3. The third kappa shape index (κ3) is 4.47. The molecule has 0 aliphatic heterocycles. The van der Waals surface area contributed by atoms with Crippen LogP contribution in [0, 0.1) is 17.8 Å². The maximum absolute atomic E-state index is 13.0. The van der Waals surface area contributed by atoms with Crippen molar-refractivity contribution in [1.29, 1.82) is 0 Å². The molecule has 3 N–H and O–H groups in total. The molecule has 1 aromatic heterocycles. The summed E-state index contributed by atoms with van der Waals surface area (Å²) in [6.07, 6.45) is 7.59. The van der Waals surface area contributed by atoms with Crippen molar-refractivity contribution in [2.45, 2.75) is 56.5 Å². The quantitative estimate of drug-likeness (QED) is 0.462. The summed E-state index contributed by atoms with van der Waals surface area (Å²) in [4.78, 5) is 30.6. The average Bonchev–Trinajstić information content (AvgIpc) is 3.18. The fourth-order valence-corrected chi connectivity index (χ4v) is 7.44. The minimum atomic E-state index is -0.378. The molecule has 4 fully saturated rings. The molecule has 2 aromatic carbocycles. The Hall–Kier alpha value is -3.35. The van der Waals surface area contributed by atoms with Gasteiger partial charge in [0.1, 0.15) is 11.9 Å². The average molecular weight is 486 g/mol. The van der Waals surface area contributed by atoms with Crippen molar-refractivity contribution in [2.75, 3.05) is 6.54 Å². The largest absolute Gasteiger partial charge is 0.342 e. The highest BCUT2D eigenvalue weighted by atomic mass is 16.2. The van der Waals surface area contributed by atoms with E-state index < -0.39 is 0 Å². The Bertz CT molecular complexity index is 1230. The van der Waals surface area contributed by atoms with Gasteiger partial charge in [-0.25, -0.2) is 9.78 Å². The first kappa shape index (κ1) is 23.1. The van der Waals surface area contributed by atoms with Gasteiger partial charge >= 0.3 is 6.03 Å². The standard InChI is InChI=1S/C29H35N5O2/c1-34-24-10-6-5-9-23(24)31-27(34)26(22-7-3-2-4-8-22)32-25(35)11-12-30-28(36)33-29-16-19-13-20(17-29)15-21(14-19)18-29/h2-10,19-21,26H,11-18H2,1H3,(H,32,35)(H2,30,33,36). The van der Waals surface area contributed by atoms with Gasteiger partial charge in [0.05, 0.1) is 11.0 Å². The molecule has 7 nitrogen and oxygen atoms in total. The first-order chi connectivity index (χ1) is 17.5. The maximum atomic E-state index is 13.0. The lowest BCUT2D eigenvalue weighted by Gasteiger charge is -2.56. The summed E-state index contributed by atoms with van der Waals surface area (Å²) in [6.45, 7) is 0.300. The highest BCUT2D eigenvalue weighted by molar-refractivity contribution is 5.80. The summed E-state index contributed by atoms with van der Waals surface area (Å²) in [6, 6.07) is 17.3. The van der Waals surface area contributed by atoms with E-state index in [1.54, 1.807) is 0 Å². The Morgan fingerprint density at radius 2 is 1.61 bits per heavy atom. The van der Waals surface area contributed by atoms with Gasteiger partial charge in [0.2, 0.25) is 5.91 Å². The highest BCUT2D eigenvalue weighted by Crippen LogP contribution is 2.55. The normalized spacial score (nSPS) is 27.1. The van der Waals surface area contributed by atoms with Gasteiger partial charge in [0.25, 0.3) is 0 Å². The molecule has 36 heavy (non-hydrogen) atoms. The molecule has 0 spiro atoms. The second kappa shape index (κ2) is 9.26. The van der Waals surface area contributed by atoms with E-state index in [-0.39, 0.29) is 29.9 Å². The number of imidazole rings is 1. The molecule has 0 radical (unpaired) electrons. The molecular formula is C29H35N5O2. The van der Waals surface area contributed by atoms with Crippen molar-refractivity contribution < 1.29 is 9.59 Å². The summed E-state index contributed by atoms with van der Waals surface area (Å²) < 4.78 is 2.03. The summed E-state index contributed by atoms with van der Waals surface area (Å²) in [7, 11) is 1.98. The van der Waals surface area contributed by atoms with E-state index in [2.05, 4.69) is 16.0 Å². The molecule has 1 unspecified atom stereocenters. The van der Waals surface area contributed by atoms with Crippen molar-refractivity contribution in [3.8, 4) is 0 Å². The molecular weight excluding hydrogens is 450 g/mol. The van der Waals surface area contributed by atoms with E-state index in [4.69, 9.17) is 4.98 Å². The number of carbonyl (C=O) groups excluding carboxylic acids is 2. The van der Waals surface area contributed by atoms with Gasteiger partial charge in [-0.15, -0.1) is 0 Å². The molecule has 4 aliphatic carbocycles. The first-order valence-corrected chi connectivity index (χ1v) is 13.3. The number of carbonyl (C=O) groups is 2. The molecule has 7 heteroatoms. The van der Waals surface area contributed by atoms with Crippen LogP contribution in [-0.2, 0) is 11.8 Å². The lowest BCUT2D eigenvalue weighted by atomic mass is 9.53. The fraction of sp³-hybridized carbons (Fsp3) is 0.483. The number of para-hydroxylation sites is 2. The Labute approximate surface area is 212 Å². The van der Waals surface area contributed by atoms with Crippen molar-refractivity contribution >= 4 is 23.0 Å². The molecule has 7 rings (SSSR count). The number of nitrogens with zero attached hydrogens (tertiary/aromatic N) is 2. The predicted molar refractivity (Wildman–Crippen MR) is 139 cm³/mol. The zero-order chi connectivity index (χ0) is 24.7. The molecule has 0 saturated heterocycles. The predicted octanol–water partition coefficient (Wildman–Crippen LogP) is 4.44. The fourth-order valence-electron chi connectivity index (χ4n) is 7.44. The van der Waals surface area contributed by atoms with E-state index in [0.717, 1.165) is 59.4 Å². The van der Waals surface area contributed by atoms with Crippen LogP contribution in [0.5, 0.6) is 0 Å². The third-order valence-electron chi connectivity index (χ3n) is 8.57. The molecule has 4 bridgehead atoms. The third-order valence-corrected chi connectivity index (χ3v) is 8.57. The molecule has 3 aromatic rings. The van der Waals surface area contributed by atoms with Crippen LogP contribution in [0.1, 0.15) is 62.4 Å². The van der Waals surface area contributed by atoms with Crippen LogP contribution in [0.25, 0.3) is 11.0 Å². The Kier molecular flexibility index (Phi) is 5.94. The number of urea groups is 1. The van der Waals surface area contributed by atoms with E-state index in [1.807, 2.05) is 66.2 Å². The van der Waals surface area contributed by atoms with E-state index >= 15 is 0 Å². The molecule has 4 saturated carbocycles. The second-order valence-corrected chi connectivity index (χ2v) is 11.3. The molecule has 3 amide bonds. The van der Waals surface area contributed by atoms with Gasteiger partial charge in [-0.3, -0.25) is 4.79 Å². The van der Waals surface area contributed by atoms with Gasteiger partial charge in [-0.2, -0.15) is 0 Å². The van der Waals surface area contributed by atoms with Crippen molar-refractivity contribution in [3.63, 3.8) is 0 Å². The van der Waals surface area contributed by atoms with Crippen LogP contribution in [0.2, 0.25) is 0 Å². The van der Waals surface area contributed by atoms with Crippen molar-refractivity contribution in [3.05, 3.63) is 66.0 Å². The second-order valence-electron chi connectivity index (χ2n) is 11.3. The molecule has 4 aliphatic rings. The minimum absolute atomic E-state index is 0.0281. The molecule has 1 atom stereocenters. The molecule has 1 heterocycles. The lowest BCUT2D eigenvalue weighted by molar-refractivity contribution is -0.121. The molecule has 188 valence electrons. The summed E-state index contributed by atoms with van der Waals surface area (Å²) in [5.41, 5.74) is 2.86. The smallest absolute Gasteiger partial charge is 0.315 e. The summed E-state index contributed by atoms with van der Waals surface area (Å²) in [5.74, 6) is 2.99. The number of hydrogen-bond acceptors (Lipinski definition) is 3. The number of aryl methyl sites for hydroxylation is 1. The van der Waals surface area contributed by atoms with Crippen LogP contribution in [0.3, 0.4) is 0 Å². The maximum Gasteiger partial charge on any atom is 0.315 e. The van der Waals surface area contributed by atoms with Crippen LogP contribution in [-0.4, -0.2) is 33.6 Å². The number of hydrogen-bond donors (Lipinski definition) is 3. The summed E-state index contributed by atoms with van der Waals surface area (Å²) in [5, 5.41) is 9.42. The van der Waals surface area contributed by atoms with Gasteiger partial charge in [-0.1, -0.05) is 42.5 Å². The van der Waals surface area contributed by atoms with Crippen LogP contribution in [0.4, 0.5) is 4.79 Å². The van der Waals surface area contributed by atoms with Crippen LogP contribution in [0.15, 0.2) is 54.6 Å². The topological polar surface area (TPSA) is 88.0 Å². The first-order valence-electron chi connectivity index (χ1n) is 13.3. The zero-order valence-electron chi connectivity index (χ0n) is 20.9. The monoisotopic (exact) mass is 485 g/mol.